The molecule has 1 heterocycles. The number of methoxy groups -OCH3 is 1. The van der Waals surface area contributed by atoms with Crippen LogP contribution in [0.5, 0.6) is 5.75 Å². The Labute approximate surface area is 183 Å². The molecule has 0 radical (unpaired) electrons. The van der Waals surface area contributed by atoms with Crippen LogP contribution in [-0.4, -0.2) is 51.7 Å². The summed E-state index contributed by atoms with van der Waals surface area (Å²) in [6.07, 6.45) is 3.05. The number of ether oxygens (including phenoxy) is 1. The number of hydrogen-bond acceptors (Lipinski definition) is 5. The van der Waals surface area contributed by atoms with E-state index in [9.17, 15) is 13.2 Å². The van der Waals surface area contributed by atoms with Gasteiger partial charge in [-0.25, -0.2) is 13.1 Å². The first-order chi connectivity index (χ1) is 14.5. The molecule has 1 aliphatic rings. The Morgan fingerprint density at radius 1 is 1.10 bits per heavy atom. The molecule has 2 aromatic rings. The van der Waals surface area contributed by atoms with E-state index >= 15 is 0 Å². The summed E-state index contributed by atoms with van der Waals surface area (Å²) in [4.78, 5) is 14.8. The van der Waals surface area contributed by atoms with Crippen LogP contribution in [0.1, 0.15) is 35.2 Å². The van der Waals surface area contributed by atoms with Gasteiger partial charge in [-0.05, 0) is 43.0 Å². The molecular formula is C22H28N2O4S2. The fraction of sp³-hybridized carbons (Fsp3) is 0.409. The Morgan fingerprint density at radius 3 is 2.53 bits per heavy atom. The number of benzene rings is 2. The maximum absolute atomic E-state index is 12.9. The van der Waals surface area contributed by atoms with Crippen molar-refractivity contribution in [3.8, 4) is 5.75 Å². The largest absolute Gasteiger partial charge is 0.496 e. The molecule has 0 atom stereocenters. The molecule has 0 aliphatic carbocycles. The van der Waals surface area contributed by atoms with Gasteiger partial charge >= 0.3 is 0 Å². The van der Waals surface area contributed by atoms with E-state index in [-0.39, 0.29) is 10.8 Å². The second-order valence-corrected chi connectivity index (χ2v) is 10.0. The van der Waals surface area contributed by atoms with E-state index in [0.717, 1.165) is 25.0 Å². The van der Waals surface area contributed by atoms with Crippen molar-refractivity contribution in [3.63, 3.8) is 0 Å². The van der Waals surface area contributed by atoms with E-state index in [1.807, 2.05) is 18.2 Å². The number of rotatable bonds is 9. The first-order valence-corrected chi connectivity index (χ1v) is 12.7. The van der Waals surface area contributed by atoms with Crippen LogP contribution in [0.4, 0.5) is 0 Å². The Hall–Kier alpha value is -2.03. The van der Waals surface area contributed by atoms with Gasteiger partial charge in [0, 0.05) is 31.1 Å². The number of carbonyl (C=O) groups excluding carboxylic acids is 1. The number of piperidine rings is 1. The predicted molar refractivity (Wildman–Crippen MR) is 121 cm³/mol. The first-order valence-electron chi connectivity index (χ1n) is 10.1. The highest BCUT2D eigenvalue weighted by molar-refractivity contribution is 7.98. The van der Waals surface area contributed by atoms with Gasteiger partial charge in [-0.1, -0.05) is 30.3 Å². The lowest BCUT2D eigenvalue weighted by Crippen LogP contribution is -2.36. The molecule has 1 amide bonds. The summed E-state index contributed by atoms with van der Waals surface area (Å²) < 4.78 is 33.4. The van der Waals surface area contributed by atoms with Crippen LogP contribution in [0.15, 0.2) is 53.4 Å². The fourth-order valence-electron chi connectivity index (χ4n) is 3.38. The molecule has 1 saturated heterocycles. The zero-order chi connectivity index (χ0) is 21.4. The molecule has 1 N–H and O–H groups in total. The van der Waals surface area contributed by atoms with Gasteiger partial charge in [0.25, 0.3) is 5.91 Å². The minimum Gasteiger partial charge on any atom is -0.496 e. The molecule has 162 valence electrons. The molecule has 1 aliphatic heterocycles. The zero-order valence-corrected chi connectivity index (χ0v) is 18.8. The second kappa shape index (κ2) is 10.8. The van der Waals surface area contributed by atoms with E-state index in [0.29, 0.717) is 36.7 Å². The lowest BCUT2D eigenvalue weighted by molar-refractivity contribution is 0.0720. The van der Waals surface area contributed by atoms with Crippen LogP contribution in [-0.2, 0) is 15.8 Å². The number of hydrogen-bond donors (Lipinski definition) is 1. The maximum Gasteiger partial charge on any atom is 0.257 e. The lowest BCUT2D eigenvalue weighted by Gasteiger charge is -2.27. The topological polar surface area (TPSA) is 75.7 Å². The minimum atomic E-state index is -3.71. The average molecular weight is 449 g/mol. The Balaban J connectivity index is 1.62. The summed E-state index contributed by atoms with van der Waals surface area (Å²) >= 11 is 1.67. The van der Waals surface area contributed by atoms with Crippen molar-refractivity contribution >= 4 is 27.7 Å². The number of thioether (sulfide) groups is 1. The van der Waals surface area contributed by atoms with E-state index in [1.54, 1.807) is 22.7 Å². The summed E-state index contributed by atoms with van der Waals surface area (Å²) in [5.74, 6) is 1.70. The molecule has 0 bridgehead atoms. The van der Waals surface area contributed by atoms with Crippen molar-refractivity contribution in [1.29, 1.82) is 0 Å². The van der Waals surface area contributed by atoms with Gasteiger partial charge in [0.05, 0.1) is 17.6 Å². The van der Waals surface area contributed by atoms with Crippen molar-refractivity contribution in [2.45, 2.75) is 29.9 Å². The highest BCUT2D eigenvalue weighted by Crippen LogP contribution is 2.25. The summed E-state index contributed by atoms with van der Waals surface area (Å²) in [7, 11) is -2.22. The Bertz CT molecular complexity index is 943. The highest BCUT2D eigenvalue weighted by atomic mass is 32.2. The zero-order valence-electron chi connectivity index (χ0n) is 17.2. The van der Waals surface area contributed by atoms with Crippen LogP contribution in [0.3, 0.4) is 0 Å². The third kappa shape index (κ3) is 6.00. The summed E-state index contributed by atoms with van der Waals surface area (Å²) in [6.45, 7) is 1.70. The highest BCUT2D eigenvalue weighted by Gasteiger charge is 2.24. The van der Waals surface area contributed by atoms with E-state index in [2.05, 4.69) is 16.9 Å². The number of carbonyl (C=O) groups is 1. The van der Waals surface area contributed by atoms with Crippen LogP contribution in [0.25, 0.3) is 0 Å². The molecular weight excluding hydrogens is 420 g/mol. The number of sulfonamides is 1. The molecule has 0 spiro atoms. The molecule has 0 aromatic heterocycles. The van der Waals surface area contributed by atoms with Gasteiger partial charge < -0.3 is 9.64 Å². The molecule has 0 saturated carbocycles. The van der Waals surface area contributed by atoms with Crippen molar-refractivity contribution in [2.75, 3.05) is 32.5 Å². The normalized spacial score (nSPS) is 14.5. The summed E-state index contributed by atoms with van der Waals surface area (Å²) in [6, 6.07) is 14.5. The first kappa shape index (κ1) is 22.7. The van der Waals surface area contributed by atoms with Crippen molar-refractivity contribution in [1.82, 2.24) is 9.62 Å². The van der Waals surface area contributed by atoms with Gasteiger partial charge in [-0.2, -0.15) is 11.8 Å². The maximum atomic E-state index is 12.9. The lowest BCUT2D eigenvalue weighted by atomic mass is 10.1. The van der Waals surface area contributed by atoms with Crippen molar-refractivity contribution < 1.29 is 17.9 Å². The van der Waals surface area contributed by atoms with Gasteiger partial charge in [-0.3, -0.25) is 4.79 Å². The van der Waals surface area contributed by atoms with Gasteiger partial charge in [0.2, 0.25) is 10.0 Å². The van der Waals surface area contributed by atoms with Gasteiger partial charge in [0.15, 0.2) is 0 Å². The van der Waals surface area contributed by atoms with Crippen LogP contribution < -0.4 is 9.46 Å². The Kier molecular flexibility index (Phi) is 8.18. The molecule has 0 unspecified atom stereocenters. The molecule has 3 rings (SSSR count). The Morgan fingerprint density at radius 2 is 1.83 bits per heavy atom. The molecule has 6 nitrogen and oxygen atoms in total. The standard InChI is InChI=1S/C22H28N2O4S2/c1-28-21-11-10-19(16-20(21)22(25)24-13-6-3-7-14-24)30(26,27)23-12-15-29-17-18-8-4-2-5-9-18/h2,4-5,8-11,16,23H,3,6-7,12-15,17H2,1H3. The van der Waals surface area contributed by atoms with Crippen molar-refractivity contribution in [3.05, 3.63) is 59.7 Å². The van der Waals surface area contributed by atoms with Crippen LogP contribution in [0, 0.1) is 0 Å². The molecule has 1 fully saturated rings. The minimum absolute atomic E-state index is 0.0803. The quantitative estimate of drug-likeness (QED) is 0.594. The number of likely N-dealkylation sites (tertiary alicyclic amines) is 1. The van der Waals surface area contributed by atoms with Crippen LogP contribution in [0.2, 0.25) is 0 Å². The smallest absolute Gasteiger partial charge is 0.257 e. The summed E-state index contributed by atoms with van der Waals surface area (Å²) in [5.41, 5.74) is 1.50. The van der Waals surface area contributed by atoms with Gasteiger partial charge in [0.1, 0.15) is 5.75 Å². The number of amides is 1. The summed E-state index contributed by atoms with van der Waals surface area (Å²) in [5, 5.41) is 0. The number of nitrogens with zero attached hydrogens (tertiary/aromatic N) is 1. The van der Waals surface area contributed by atoms with E-state index in [1.165, 1.54) is 24.8 Å². The SMILES string of the molecule is COc1ccc(S(=O)(=O)NCCSCc2ccccc2)cc1C(=O)N1CCCCC1. The van der Waals surface area contributed by atoms with E-state index < -0.39 is 10.0 Å². The monoisotopic (exact) mass is 448 g/mol. The second-order valence-electron chi connectivity index (χ2n) is 7.15. The van der Waals surface area contributed by atoms with Crippen LogP contribution >= 0.6 is 11.8 Å². The molecule has 8 heteroatoms. The van der Waals surface area contributed by atoms with Gasteiger partial charge in [-0.15, -0.1) is 0 Å². The fourth-order valence-corrected chi connectivity index (χ4v) is 5.39. The molecule has 30 heavy (non-hydrogen) atoms. The van der Waals surface area contributed by atoms with Crippen molar-refractivity contribution in [2.24, 2.45) is 0 Å². The third-order valence-electron chi connectivity index (χ3n) is 5.00. The predicted octanol–water partition coefficient (Wildman–Crippen LogP) is 3.53. The van der Waals surface area contributed by atoms with E-state index in [4.69, 9.17) is 4.74 Å². The third-order valence-corrected chi connectivity index (χ3v) is 7.49. The average Bonchev–Trinajstić information content (AvgIpc) is 2.79. The molecule has 2 aromatic carbocycles. The number of nitrogens with one attached hydrogen (secondary N) is 1.